The van der Waals surface area contributed by atoms with E-state index < -0.39 is 17.6 Å². The minimum absolute atomic E-state index is 0.501. The van der Waals surface area contributed by atoms with Gasteiger partial charge < -0.3 is 10.2 Å². The fourth-order valence-corrected chi connectivity index (χ4v) is 1.15. The highest BCUT2D eigenvalue weighted by atomic mass is 16.3. The molecule has 0 spiro atoms. The van der Waals surface area contributed by atoms with Crippen LogP contribution in [0.15, 0.2) is 25.3 Å². The van der Waals surface area contributed by atoms with Crippen LogP contribution in [-0.2, 0) is 0 Å². The fourth-order valence-electron chi connectivity index (χ4n) is 1.15. The average molecular weight is 184 g/mol. The summed E-state index contributed by atoms with van der Waals surface area (Å²) in [5.41, 5.74) is -0.512. The molecule has 2 N–H and O–H groups in total. The smallest absolute Gasteiger partial charge is 0.0650 e. The highest BCUT2D eigenvalue weighted by molar-refractivity contribution is 4.91. The summed E-state index contributed by atoms with van der Waals surface area (Å²) in [6, 6.07) is 0. The normalized spacial score (nSPS) is 16.3. The molecule has 0 radical (unpaired) electrons. The van der Waals surface area contributed by atoms with E-state index in [0.717, 1.165) is 0 Å². The molecule has 0 heterocycles. The number of hydrogen-bond donors (Lipinski definition) is 2. The molecule has 1 unspecified atom stereocenters. The lowest BCUT2D eigenvalue weighted by Crippen LogP contribution is -2.39. The first kappa shape index (κ1) is 12.4. The third kappa shape index (κ3) is 3.33. The summed E-state index contributed by atoms with van der Waals surface area (Å²) in [5.74, 6) is 0. The summed E-state index contributed by atoms with van der Waals surface area (Å²) in [5, 5.41) is 19.4. The predicted octanol–water partition coefficient (Wildman–Crippen LogP) is 1.89. The van der Waals surface area contributed by atoms with Crippen LogP contribution in [0.3, 0.4) is 0 Å². The standard InChI is InChI=1S/C11H20O2/c1-5-7-9(12)11(3,4)10(13)8-6-2/h5-6,9-10,12-13H,1-2,7-8H2,3-4H3/t9-,10?/m1/s1. The molecular formula is C11H20O2. The Kier molecular flexibility index (Phi) is 4.96. The van der Waals surface area contributed by atoms with Crippen molar-refractivity contribution in [2.45, 2.75) is 38.9 Å². The quantitative estimate of drug-likeness (QED) is 0.619. The summed E-state index contributed by atoms with van der Waals surface area (Å²) in [6.07, 6.45) is 3.21. The summed E-state index contributed by atoms with van der Waals surface area (Å²) in [6.45, 7) is 10.8. The second kappa shape index (κ2) is 5.20. The average Bonchev–Trinajstić information content (AvgIpc) is 2.05. The van der Waals surface area contributed by atoms with Gasteiger partial charge in [0.15, 0.2) is 0 Å². The largest absolute Gasteiger partial charge is 0.392 e. The molecule has 0 bridgehead atoms. The van der Waals surface area contributed by atoms with Gasteiger partial charge in [0.25, 0.3) is 0 Å². The molecule has 2 nitrogen and oxygen atoms in total. The van der Waals surface area contributed by atoms with Gasteiger partial charge in [-0.2, -0.15) is 0 Å². The highest BCUT2D eigenvalue weighted by Crippen LogP contribution is 2.29. The summed E-state index contributed by atoms with van der Waals surface area (Å²) >= 11 is 0. The molecular weight excluding hydrogens is 164 g/mol. The van der Waals surface area contributed by atoms with Crippen molar-refractivity contribution >= 4 is 0 Å². The van der Waals surface area contributed by atoms with Gasteiger partial charge in [-0.05, 0) is 12.8 Å². The van der Waals surface area contributed by atoms with Crippen LogP contribution < -0.4 is 0 Å². The first-order chi connectivity index (χ1) is 5.96. The summed E-state index contributed by atoms with van der Waals surface area (Å²) < 4.78 is 0. The lowest BCUT2D eigenvalue weighted by molar-refractivity contribution is -0.0437. The number of aliphatic hydroxyl groups excluding tert-OH is 2. The molecule has 0 aliphatic rings. The Bertz CT molecular complexity index is 155. The molecule has 0 aliphatic carbocycles. The van der Waals surface area contributed by atoms with E-state index in [1.54, 1.807) is 12.2 Å². The van der Waals surface area contributed by atoms with Crippen LogP contribution in [0.5, 0.6) is 0 Å². The van der Waals surface area contributed by atoms with Gasteiger partial charge in [0.1, 0.15) is 0 Å². The SMILES string of the molecule is C=CCC(O)C(C)(C)[C@H](O)CC=C. The van der Waals surface area contributed by atoms with Crippen molar-refractivity contribution in [3.8, 4) is 0 Å². The van der Waals surface area contributed by atoms with E-state index in [9.17, 15) is 10.2 Å². The summed E-state index contributed by atoms with van der Waals surface area (Å²) in [7, 11) is 0. The Balaban J connectivity index is 4.33. The van der Waals surface area contributed by atoms with Gasteiger partial charge in [0.2, 0.25) is 0 Å². The third-order valence-electron chi connectivity index (χ3n) is 2.50. The van der Waals surface area contributed by atoms with Crippen LogP contribution in [0.1, 0.15) is 26.7 Å². The monoisotopic (exact) mass is 184 g/mol. The van der Waals surface area contributed by atoms with Crippen LogP contribution in [0, 0.1) is 5.41 Å². The van der Waals surface area contributed by atoms with Crippen molar-refractivity contribution in [2.24, 2.45) is 5.41 Å². The van der Waals surface area contributed by atoms with Gasteiger partial charge in [-0.25, -0.2) is 0 Å². The summed E-state index contributed by atoms with van der Waals surface area (Å²) in [4.78, 5) is 0. The number of rotatable bonds is 6. The van der Waals surface area contributed by atoms with Gasteiger partial charge >= 0.3 is 0 Å². The molecule has 0 amide bonds. The molecule has 76 valence electrons. The molecule has 0 saturated carbocycles. The molecule has 0 saturated heterocycles. The van der Waals surface area contributed by atoms with E-state index in [4.69, 9.17) is 0 Å². The molecule has 0 aromatic heterocycles. The lowest BCUT2D eigenvalue weighted by Gasteiger charge is -2.34. The first-order valence-corrected chi connectivity index (χ1v) is 4.54. The Morgan fingerprint density at radius 3 is 1.62 bits per heavy atom. The van der Waals surface area contributed by atoms with Crippen molar-refractivity contribution < 1.29 is 10.2 Å². The second-order valence-corrected chi connectivity index (χ2v) is 3.90. The van der Waals surface area contributed by atoms with Crippen molar-refractivity contribution in [2.75, 3.05) is 0 Å². The van der Waals surface area contributed by atoms with E-state index >= 15 is 0 Å². The zero-order valence-electron chi connectivity index (χ0n) is 8.53. The van der Waals surface area contributed by atoms with Crippen molar-refractivity contribution in [3.05, 3.63) is 25.3 Å². The minimum atomic E-state index is -0.556. The molecule has 2 heteroatoms. The molecule has 0 fully saturated rings. The van der Waals surface area contributed by atoms with Gasteiger partial charge in [0.05, 0.1) is 12.2 Å². The van der Waals surface area contributed by atoms with Gasteiger partial charge in [0, 0.05) is 5.41 Å². The second-order valence-electron chi connectivity index (χ2n) is 3.90. The van der Waals surface area contributed by atoms with Gasteiger partial charge in [-0.15, -0.1) is 13.2 Å². The maximum atomic E-state index is 9.71. The highest BCUT2D eigenvalue weighted by Gasteiger charge is 2.33. The zero-order chi connectivity index (χ0) is 10.5. The molecule has 13 heavy (non-hydrogen) atoms. The molecule has 0 aliphatic heterocycles. The van der Waals surface area contributed by atoms with Crippen LogP contribution >= 0.6 is 0 Å². The van der Waals surface area contributed by atoms with E-state index in [2.05, 4.69) is 13.2 Å². The number of hydrogen-bond acceptors (Lipinski definition) is 2. The van der Waals surface area contributed by atoms with Crippen LogP contribution in [0.4, 0.5) is 0 Å². The molecule has 0 aromatic rings. The molecule has 0 aromatic carbocycles. The Morgan fingerprint density at radius 2 is 1.38 bits per heavy atom. The zero-order valence-corrected chi connectivity index (χ0v) is 8.53. The Hall–Kier alpha value is -0.600. The lowest BCUT2D eigenvalue weighted by atomic mass is 9.78. The minimum Gasteiger partial charge on any atom is -0.392 e. The third-order valence-corrected chi connectivity index (χ3v) is 2.50. The van der Waals surface area contributed by atoms with Crippen molar-refractivity contribution in [1.82, 2.24) is 0 Å². The van der Waals surface area contributed by atoms with E-state index in [0.29, 0.717) is 12.8 Å². The van der Waals surface area contributed by atoms with Gasteiger partial charge in [-0.1, -0.05) is 26.0 Å². The van der Waals surface area contributed by atoms with Crippen LogP contribution in [0.25, 0.3) is 0 Å². The first-order valence-electron chi connectivity index (χ1n) is 4.54. The van der Waals surface area contributed by atoms with Crippen molar-refractivity contribution in [3.63, 3.8) is 0 Å². The van der Waals surface area contributed by atoms with Crippen LogP contribution in [0.2, 0.25) is 0 Å². The van der Waals surface area contributed by atoms with E-state index in [1.807, 2.05) is 13.8 Å². The topological polar surface area (TPSA) is 40.5 Å². The predicted molar refractivity (Wildman–Crippen MR) is 55.4 cm³/mol. The fraction of sp³-hybridized carbons (Fsp3) is 0.636. The molecule has 0 rings (SSSR count). The number of aliphatic hydroxyl groups is 2. The van der Waals surface area contributed by atoms with Gasteiger partial charge in [-0.3, -0.25) is 0 Å². The maximum Gasteiger partial charge on any atom is 0.0650 e. The van der Waals surface area contributed by atoms with E-state index in [-0.39, 0.29) is 0 Å². The van der Waals surface area contributed by atoms with Crippen LogP contribution in [-0.4, -0.2) is 22.4 Å². The van der Waals surface area contributed by atoms with E-state index in [1.165, 1.54) is 0 Å². The Morgan fingerprint density at radius 1 is 1.08 bits per heavy atom. The van der Waals surface area contributed by atoms with Crippen molar-refractivity contribution in [1.29, 1.82) is 0 Å². The Labute approximate surface area is 80.6 Å². The molecule has 2 atom stereocenters. The maximum absolute atomic E-state index is 9.71.